The van der Waals surface area contributed by atoms with Crippen molar-refractivity contribution in [2.45, 2.75) is 19.0 Å². The second kappa shape index (κ2) is 5.19. The highest BCUT2D eigenvalue weighted by Gasteiger charge is 2.28. The first kappa shape index (κ1) is 13.0. The highest BCUT2D eigenvalue weighted by atomic mass is 32.2. The predicted octanol–water partition coefficient (Wildman–Crippen LogP) is 2.79. The number of hydrogen-bond acceptors (Lipinski definition) is 4. The fourth-order valence-corrected chi connectivity index (χ4v) is 3.95. The minimum Gasteiger partial charge on any atom is -0.459 e. The predicted molar refractivity (Wildman–Crippen MR) is 81.6 cm³/mol. The molecule has 0 bridgehead atoms. The molecular formula is C15H20N2OS. The second-order valence-corrected chi connectivity index (χ2v) is 6.44. The van der Waals surface area contributed by atoms with E-state index in [-0.39, 0.29) is 6.04 Å². The third kappa shape index (κ3) is 2.40. The van der Waals surface area contributed by atoms with Gasteiger partial charge in [0.15, 0.2) is 0 Å². The molecule has 0 spiro atoms. The maximum absolute atomic E-state index is 6.43. The fraction of sp³-hybridized carbons (Fsp3) is 0.467. The van der Waals surface area contributed by atoms with Gasteiger partial charge in [-0.2, -0.15) is 11.8 Å². The SMILES string of the molecule is Cc1cccc2cc(C(N)C3CSCCN3C)oc12. The van der Waals surface area contributed by atoms with Gasteiger partial charge in [0.25, 0.3) is 0 Å². The van der Waals surface area contributed by atoms with Crippen molar-refractivity contribution in [3.63, 3.8) is 0 Å². The summed E-state index contributed by atoms with van der Waals surface area (Å²) in [5, 5.41) is 1.15. The van der Waals surface area contributed by atoms with Crippen LogP contribution in [0.3, 0.4) is 0 Å². The third-order valence-corrected chi connectivity index (χ3v) is 4.99. The van der Waals surface area contributed by atoms with E-state index in [0.29, 0.717) is 6.04 Å². The first-order chi connectivity index (χ1) is 9.16. The summed E-state index contributed by atoms with van der Waals surface area (Å²) in [7, 11) is 2.15. The molecule has 3 rings (SSSR count). The van der Waals surface area contributed by atoms with Gasteiger partial charge in [-0.25, -0.2) is 0 Å². The number of benzene rings is 1. The van der Waals surface area contributed by atoms with Gasteiger partial charge in [0.2, 0.25) is 0 Å². The molecule has 2 N–H and O–H groups in total. The maximum atomic E-state index is 6.43. The van der Waals surface area contributed by atoms with Crippen LogP contribution in [0.25, 0.3) is 11.0 Å². The average Bonchev–Trinajstić information content (AvgIpc) is 2.84. The number of nitrogens with two attached hydrogens (primary N) is 1. The summed E-state index contributed by atoms with van der Waals surface area (Å²) in [6, 6.07) is 8.63. The zero-order chi connectivity index (χ0) is 13.4. The number of nitrogens with zero attached hydrogens (tertiary/aromatic N) is 1. The normalized spacial score (nSPS) is 22.8. The fourth-order valence-electron chi connectivity index (χ4n) is 2.67. The van der Waals surface area contributed by atoms with Gasteiger partial charge in [-0.15, -0.1) is 0 Å². The Labute approximate surface area is 118 Å². The Morgan fingerprint density at radius 1 is 1.47 bits per heavy atom. The zero-order valence-electron chi connectivity index (χ0n) is 11.4. The summed E-state index contributed by atoms with van der Waals surface area (Å²) in [4.78, 5) is 2.35. The molecule has 2 atom stereocenters. The molecule has 1 aromatic heterocycles. The van der Waals surface area contributed by atoms with Gasteiger partial charge in [-0.3, -0.25) is 4.90 Å². The topological polar surface area (TPSA) is 42.4 Å². The number of likely N-dealkylation sites (N-methyl/N-ethyl adjacent to an activating group) is 1. The molecule has 3 nitrogen and oxygen atoms in total. The minimum absolute atomic E-state index is 0.0513. The molecule has 1 saturated heterocycles. The Morgan fingerprint density at radius 2 is 2.32 bits per heavy atom. The van der Waals surface area contributed by atoms with Crippen molar-refractivity contribution in [1.82, 2.24) is 4.90 Å². The standard InChI is InChI=1S/C15H20N2OS/c1-10-4-3-5-11-8-13(18-15(10)11)14(16)12-9-19-7-6-17(12)2/h3-5,8,12,14H,6-7,9,16H2,1-2H3. The summed E-state index contributed by atoms with van der Waals surface area (Å²) in [5.74, 6) is 3.18. The van der Waals surface area contributed by atoms with Crippen LogP contribution in [0.4, 0.5) is 0 Å². The van der Waals surface area contributed by atoms with Gasteiger partial charge in [-0.05, 0) is 25.6 Å². The van der Waals surface area contributed by atoms with Crippen molar-refractivity contribution in [3.05, 3.63) is 35.6 Å². The molecule has 102 valence electrons. The quantitative estimate of drug-likeness (QED) is 0.916. The van der Waals surface area contributed by atoms with Crippen LogP contribution in [0, 0.1) is 6.92 Å². The van der Waals surface area contributed by atoms with Gasteiger partial charge >= 0.3 is 0 Å². The van der Waals surface area contributed by atoms with Crippen molar-refractivity contribution in [3.8, 4) is 0 Å². The highest BCUT2D eigenvalue weighted by Crippen LogP contribution is 2.30. The molecule has 2 heterocycles. The van der Waals surface area contributed by atoms with Gasteiger partial charge in [-0.1, -0.05) is 18.2 Å². The lowest BCUT2D eigenvalue weighted by atomic mass is 10.1. The van der Waals surface area contributed by atoms with E-state index >= 15 is 0 Å². The lowest BCUT2D eigenvalue weighted by Gasteiger charge is -2.35. The van der Waals surface area contributed by atoms with Crippen LogP contribution in [0.1, 0.15) is 17.4 Å². The molecule has 2 aromatic rings. The molecule has 1 aliphatic rings. The Morgan fingerprint density at radius 3 is 3.05 bits per heavy atom. The molecule has 0 amide bonds. The molecule has 4 heteroatoms. The third-order valence-electron chi connectivity index (χ3n) is 3.95. The summed E-state index contributed by atoms with van der Waals surface area (Å²) in [6.45, 7) is 3.17. The van der Waals surface area contributed by atoms with E-state index in [0.717, 1.165) is 29.0 Å². The van der Waals surface area contributed by atoms with Crippen LogP contribution in [0.2, 0.25) is 0 Å². The monoisotopic (exact) mass is 276 g/mol. The number of fused-ring (bicyclic) bond motifs is 1. The second-order valence-electron chi connectivity index (χ2n) is 5.29. The lowest BCUT2D eigenvalue weighted by Crippen LogP contribution is -2.46. The first-order valence-corrected chi connectivity index (χ1v) is 7.85. The number of furan rings is 1. The summed E-state index contributed by atoms with van der Waals surface area (Å²) in [6.07, 6.45) is 0. The molecule has 1 aromatic carbocycles. The molecule has 19 heavy (non-hydrogen) atoms. The zero-order valence-corrected chi connectivity index (χ0v) is 12.2. The minimum atomic E-state index is -0.0513. The number of thioether (sulfide) groups is 1. The summed E-state index contributed by atoms with van der Waals surface area (Å²) >= 11 is 1.98. The summed E-state index contributed by atoms with van der Waals surface area (Å²) in [5.41, 5.74) is 8.57. The van der Waals surface area contributed by atoms with E-state index in [1.165, 1.54) is 11.3 Å². The van der Waals surface area contributed by atoms with Crippen LogP contribution in [-0.4, -0.2) is 36.0 Å². The number of para-hydroxylation sites is 1. The molecule has 2 unspecified atom stereocenters. The van der Waals surface area contributed by atoms with E-state index in [9.17, 15) is 0 Å². The van der Waals surface area contributed by atoms with Crippen molar-refractivity contribution in [2.24, 2.45) is 5.73 Å². The molecule has 0 saturated carbocycles. The Balaban J connectivity index is 1.92. The smallest absolute Gasteiger partial charge is 0.137 e. The maximum Gasteiger partial charge on any atom is 0.137 e. The van der Waals surface area contributed by atoms with Crippen molar-refractivity contribution < 1.29 is 4.42 Å². The van der Waals surface area contributed by atoms with E-state index in [4.69, 9.17) is 10.2 Å². The molecular weight excluding hydrogens is 256 g/mol. The van der Waals surface area contributed by atoms with Crippen molar-refractivity contribution in [1.29, 1.82) is 0 Å². The lowest BCUT2D eigenvalue weighted by molar-refractivity contribution is 0.224. The van der Waals surface area contributed by atoms with Gasteiger partial charge in [0.05, 0.1) is 6.04 Å². The number of rotatable bonds is 2. The van der Waals surface area contributed by atoms with Crippen molar-refractivity contribution >= 4 is 22.7 Å². The molecule has 0 radical (unpaired) electrons. The number of aryl methyl sites for hydroxylation is 1. The van der Waals surface area contributed by atoms with Gasteiger partial charge in [0.1, 0.15) is 11.3 Å². The molecule has 1 fully saturated rings. The highest BCUT2D eigenvalue weighted by molar-refractivity contribution is 7.99. The van der Waals surface area contributed by atoms with Crippen molar-refractivity contribution in [2.75, 3.05) is 25.1 Å². The van der Waals surface area contributed by atoms with Crippen LogP contribution in [-0.2, 0) is 0 Å². The largest absolute Gasteiger partial charge is 0.459 e. The molecule has 0 aliphatic carbocycles. The van der Waals surface area contributed by atoms with Gasteiger partial charge < -0.3 is 10.2 Å². The van der Waals surface area contributed by atoms with Crippen LogP contribution in [0.15, 0.2) is 28.7 Å². The van der Waals surface area contributed by atoms with E-state index in [1.54, 1.807) is 0 Å². The van der Waals surface area contributed by atoms with Crippen LogP contribution >= 0.6 is 11.8 Å². The molecule has 1 aliphatic heterocycles. The van der Waals surface area contributed by atoms with Crippen LogP contribution < -0.4 is 5.73 Å². The Bertz CT molecular complexity index is 581. The van der Waals surface area contributed by atoms with E-state index < -0.39 is 0 Å². The average molecular weight is 276 g/mol. The van der Waals surface area contributed by atoms with E-state index in [2.05, 4.69) is 43.1 Å². The Kier molecular flexibility index (Phi) is 3.56. The Hall–Kier alpha value is -0.970. The van der Waals surface area contributed by atoms with Gasteiger partial charge in [0, 0.05) is 29.5 Å². The van der Waals surface area contributed by atoms with E-state index in [1.807, 2.05) is 11.8 Å². The first-order valence-electron chi connectivity index (χ1n) is 6.69. The number of hydrogen-bond donors (Lipinski definition) is 1. The van der Waals surface area contributed by atoms with Crippen LogP contribution in [0.5, 0.6) is 0 Å². The summed E-state index contributed by atoms with van der Waals surface area (Å²) < 4.78 is 6.00.